The van der Waals surface area contributed by atoms with Crippen molar-refractivity contribution < 1.29 is 105 Å². The van der Waals surface area contributed by atoms with E-state index in [1.54, 1.807) is 0 Å². The second-order valence-corrected chi connectivity index (χ2v) is 2.06. The van der Waals surface area contributed by atoms with Gasteiger partial charge in [-0.1, -0.05) is 0 Å². The second-order valence-electron chi connectivity index (χ2n) is 0.500. The van der Waals surface area contributed by atoms with Gasteiger partial charge in [0.2, 0.25) is 0 Å². The fourth-order valence-corrected chi connectivity index (χ4v) is 0. The van der Waals surface area contributed by atoms with Crippen LogP contribution in [0.5, 0.6) is 0 Å². The van der Waals surface area contributed by atoms with Gasteiger partial charge in [-0.3, -0.25) is 0 Å². The average Bonchev–Trinajstić information content (AvgIpc) is 1.25. The van der Waals surface area contributed by atoms with Crippen molar-refractivity contribution in [3.63, 3.8) is 0 Å². The number of hydrogen-bond acceptors (Lipinski definition) is 6. The van der Waals surface area contributed by atoms with Gasteiger partial charge in [0.25, 0.3) is 0 Å². The Morgan fingerprint density at radius 1 is 0.800 bits per heavy atom. The molecule has 0 aromatic heterocycles. The molecule has 0 aliphatic rings. The molecule has 0 rings (SSSR count). The van der Waals surface area contributed by atoms with Gasteiger partial charge in [-0.2, -0.15) is 0 Å². The van der Waals surface area contributed by atoms with Crippen LogP contribution in [0, 0.1) is 0 Å². The molecular weight excluding hydrogens is 271 g/mol. The van der Waals surface area contributed by atoms with Crippen LogP contribution in [-0.4, -0.2) is 0 Å². The molecule has 10 heavy (non-hydrogen) atoms. The molecule has 0 heterocycles. The standard InChI is InChI=1S/Fe.Na.6O.2Ti/q+3;+1;;;4*-1;;. The first kappa shape index (κ1) is 22.8. The van der Waals surface area contributed by atoms with Crippen molar-refractivity contribution in [2.75, 3.05) is 0 Å². The molecule has 1 radical (unpaired) electrons. The van der Waals surface area contributed by atoms with Crippen molar-refractivity contribution in [3.05, 3.63) is 0 Å². The summed E-state index contributed by atoms with van der Waals surface area (Å²) in [6.45, 7) is 0. The zero-order valence-corrected chi connectivity index (χ0v) is 11.0. The van der Waals surface area contributed by atoms with E-state index in [-0.39, 0.29) is 46.6 Å². The van der Waals surface area contributed by atoms with Crippen molar-refractivity contribution in [3.8, 4) is 0 Å². The normalized spacial score (nSPS) is 5.20. The van der Waals surface area contributed by atoms with Gasteiger partial charge in [-0.05, 0) is 0 Å². The van der Waals surface area contributed by atoms with Crippen LogP contribution in [0.4, 0.5) is 0 Å². The van der Waals surface area contributed by atoms with Gasteiger partial charge >= 0.3 is 105 Å². The first-order valence-corrected chi connectivity index (χ1v) is 5.05. The van der Waals surface area contributed by atoms with Crippen molar-refractivity contribution in [1.82, 2.24) is 0 Å². The quantitative estimate of drug-likeness (QED) is 0.402. The fourth-order valence-electron chi connectivity index (χ4n) is 0. The van der Waals surface area contributed by atoms with E-state index in [0.29, 0.717) is 0 Å². The summed E-state index contributed by atoms with van der Waals surface area (Å²) in [6.07, 6.45) is 0. The third kappa shape index (κ3) is 161. The van der Waals surface area contributed by atoms with Gasteiger partial charge in [0, 0.05) is 0 Å². The van der Waals surface area contributed by atoms with E-state index in [4.69, 9.17) is 21.4 Å². The van der Waals surface area contributed by atoms with E-state index in [1.165, 1.54) is 0 Å². The fraction of sp³-hybridized carbons (Fsp3) is 0. The zero-order valence-electron chi connectivity index (χ0n) is 4.80. The van der Waals surface area contributed by atoms with Crippen LogP contribution in [0.25, 0.3) is 0 Å². The molecule has 0 N–H and O–H groups in total. The maximum absolute atomic E-state index is 8.58. The van der Waals surface area contributed by atoms with Gasteiger partial charge in [0.1, 0.15) is 0 Å². The maximum atomic E-state index is 8.58. The molecule has 0 aliphatic carbocycles. The minimum absolute atomic E-state index is 0. The summed E-state index contributed by atoms with van der Waals surface area (Å²) in [4.78, 5) is 0. The Labute approximate surface area is 104 Å². The molecule has 6 nitrogen and oxygen atoms in total. The minimum atomic E-state index is -4.08. The SMILES string of the molecule is [Fe+3].[Na+].[O]=[Ti]([O-])[O-].[O]=[Ti]([O-])[O-]. The number of hydrogen-bond donors (Lipinski definition) is 0. The van der Waals surface area contributed by atoms with E-state index < -0.39 is 37.2 Å². The van der Waals surface area contributed by atoms with Crippen LogP contribution in [0.15, 0.2) is 0 Å². The molecule has 0 atom stereocenters. The van der Waals surface area contributed by atoms with Gasteiger partial charge < -0.3 is 0 Å². The van der Waals surface area contributed by atoms with Crippen LogP contribution in [0.1, 0.15) is 0 Å². The molecule has 10 heteroatoms. The first-order chi connectivity index (χ1) is 3.46. The van der Waals surface area contributed by atoms with Gasteiger partial charge in [0.05, 0.1) is 0 Å². The van der Waals surface area contributed by atoms with Crippen molar-refractivity contribution in [2.24, 2.45) is 0 Å². The van der Waals surface area contributed by atoms with E-state index >= 15 is 0 Å². The van der Waals surface area contributed by atoms with Crippen LogP contribution in [0.2, 0.25) is 0 Å². The molecule has 0 unspecified atom stereocenters. The van der Waals surface area contributed by atoms with E-state index in [2.05, 4.69) is 0 Å². The summed E-state index contributed by atoms with van der Waals surface area (Å²) < 4.78 is 51.5. The van der Waals surface area contributed by atoms with Gasteiger partial charge in [-0.25, -0.2) is 0 Å². The Bertz CT molecular complexity index is 73.7. The summed E-state index contributed by atoms with van der Waals surface area (Å²) in [6, 6.07) is 0. The Hall–Kier alpha value is 2.39. The molecule has 0 saturated heterocycles. The summed E-state index contributed by atoms with van der Waals surface area (Å²) in [5, 5.41) is 0. The molecule has 0 amide bonds. The second kappa shape index (κ2) is 17.5. The summed E-state index contributed by atoms with van der Waals surface area (Å²) >= 11 is -8.17. The molecule has 0 saturated carbocycles. The molecule has 0 fully saturated rings. The topological polar surface area (TPSA) is 126 Å². The molecule has 0 aromatic rings. The third-order valence-corrected chi connectivity index (χ3v) is 0. The molecule has 0 aliphatic heterocycles. The van der Waals surface area contributed by atoms with Crippen molar-refractivity contribution in [2.45, 2.75) is 0 Å². The Kier molecular flexibility index (Phi) is 39.9. The van der Waals surface area contributed by atoms with Crippen molar-refractivity contribution >= 4 is 0 Å². The first-order valence-electron chi connectivity index (χ1n) is 1.22. The summed E-state index contributed by atoms with van der Waals surface area (Å²) in [5.41, 5.74) is 0. The van der Waals surface area contributed by atoms with Crippen LogP contribution in [0.3, 0.4) is 0 Å². The summed E-state index contributed by atoms with van der Waals surface area (Å²) in [7, 11) is 0. The number of rotatable bonds is 0. The summed E-state index contributed by atoms with van der Waals surface area (Å²) in [5.74, 6) is 0. The van der Waals surface area contributed by atoms with Crippen LogP contribution in [-0.2, 0) is 61.0 Å². The molecule has 0 spiro atoms. The van der Waals surface area contributed by atoms with Crippen LogP contribution < -0.4 is 44.3 Å². The molecule has 0 aromatic carbocycles. The van der Waals surface area contributed by atoms with Crippen molar-refractivity contribution in [1.29, 1.82) is 0 Å². The third-order valence-electron chi connectivity index (χ3n) is 0. The monoisotopic (exact) mass is 271 g/mol. The Balaban J connectivity index is -0.0000000300. The van der Waals surface area contributed by atoms with E-state index in [0.717, 1.165) is 0 Å². The molecule has 53 valence electrons. The zero-order chi connectivity index (χ0) is 7.15. The molecular formula is FeNaO6Ti2. The average molecular weight is 271 g/mol. The van der Waals surface area contributed by atoms with E-state index in [1.807, 2.05) is 0 Å². The predicted octanol–water partition coefficient (Wildman–Crippen LogP) is -8.00. The molecule has 0 bridgehead atoms. The van der Waals surface area contributed by atoms with Crippen LogP contribution >= 0.6 is 0 Å². The van der Waals surface area contributed by atoms with Gasteiger partial charge in [-0.15, -0.1) is 0 Å². The Morgan fingerprint density at radius 2 is 0.800 bits per heavy atom. The Morgan fingerprint density at radius 3 is 0.800 bits per heavy atom. The predicted molar refractivity (Wildman–Crippen MR) is 1.37 cm³/mol. The van der Waals surface area contributed by atoms with E-state index in [9.17, 15) is 0 Å². The van der Waals surface area contributed by atoms with Gasteiger partial charge in [0.15, 0.2) is 0 Å².